The molecule has 0 unspecified atom stereocenters. The summed E-state index contributed by atoms with van der Waals surface area (Å²) in [5.74, 6) is -1.63. The summed E-state index contributed by atoms with van der Waals surface area (Å²) in [6, 6.07) is 1.65. The molecule has 0 aliphatic carbocycles. The van der Waals surface area contributed by atoms with Gasteiger partial charge in [-0.1, -0.05) is 0 Å². The Labute approximate surface area is 144 Å². The molecule has 1 aromatic carbocycles. The van der Waals surface area contributed by atoms with E-state index in [1.807, 2.05) is 0 Å². The zero-order valence-electron chi connectivity index (χ0n) is 12.6. The molecule has 0 bridgehead atoms. The van der Waals surface area contributed by atoms with Crippen LogP contribution in [0.15, 0.2) is 18.3 Å². The third-order valence-electron chi connectivity index (χ3n) is 3.38. The number of carboxylic acid groups (broad SMARTS) is 1. The number of hydrogen-bond donors (Lipinski definition) is 2. The summed E-state index contributed by atoms with van der Waals surface area (Å²) in [6.45, 7) is 0. The number of nitrogen functional groups attached to an aromatic ring is 1. The first-order valence-electron chi connectivity index (χ1n) is 6.05. The molecule has 7 nitrogen and oxygen atoms in total. The van der Waals surface area contributed by atoms with Gasteiger partial charge in [0.15, 0.2) is 0 Å². The molecular formula is C13H10F3LiN4O3. The average Bonchev–Trinajstić information content (AvgIpc) is 2.79. The maximum absolute atomic E-state index is 13.0. The largest absolute Gasteiger partial charge is 1.00 e. The SMILES string of the molecule is Cn1ncc2c(N)nc3cc(C(F)(F)F)c(C(=O)O)cc3c21.[Li+].[OH-]. The van der Waals surface area contributed by atoms with E-state index >= 15 is 0 Å². The molecule has 0 saturated heterocycles. The van der Waals surface area contributed by atoms with Crippen LogP contribution in [0, 0.1) is 0 Å². The number of fused-ring (bicyclic) bond motifs is 3. The summed E-state index contributed by atoms with van der Waals surface area (Å²) in [5, 5.41) is 13.7. The van der Waals surface area contributed by atoms with Crippen LogP contribution in [0.5, 0.6) is 0 Å². The number of aryl methyl sites for hydroxylation is 1. The second-order valence-corrected chi connectivity index (χ2v) is 4.75. The Morgan fingerprint density at radius 3 is 2.46 bits per heavy atom. The number of pyridine rings is 1. The number of hydrogen-bond acceptors (Lipinski definition) is 5. The third kappa shape index (κ3) is 2.91. The van der Waals surface area contributed by atoms with Crippen LogP contribution in [-0.4, -0.2) is 31.3 Å². The number of aromatic nitrogens is 3. The second kappa shape index (κ2) is 6.31. The van der Waals surface area contributed by atoms with Crippen LogP contribution in [0.1, 0.15) is 15.9 Å². The van der Waals surface area contributed by atoms with E-state index in [0.29, 0.717) is 17.0 Å². The fourth-order valence-electron chi connectivity index (χ4n) is 2.42. The van der Waals surface area contributed by atoms with E-state index < -0.39 is 23.3 Å². The molecule has 3 aromatic rings. The monoisotopic (exact) mass is 334 g/mol. The van der Waals surface area contributed by atoms with Crippen LogP contribution in [0.2, 0.25) is 0 Å². The van der Waals surface area contributed by atoms with Crippen molar-refractivity contribution in [1.82, 2.24) is 14.8 Å². The minimum Gasteiger partial charge on any atom is -0.870 e. The fraction of sp³-hybridized carbons (Fsp3) is 0.154. The predicted octanol–water partition coefficient (Wildman–Crippen LogP) is -0.752. The summed E-state index contributed by atoms with van der Waals surface area (Å²) >= 11 is 0. The molecule has 2 heterocycles. The Balaban J connectivity index is 0.00000144. The molecule has 0 aliphatic heterocycles. The number of halogens is 3. The van der Waals surface area contributed by atoms with E-state index in [2.05, 4.69) is 10.1 Å². The van der Waals surface area contributed by atoms with Gasteiger partial charge in [-0.15, -0.1) is 0 Å². The van der Waals surface area contributed by atoms with Gasteiger partial charge in [-0.2, -0.15) is 18.3 Å². The zero-order chi connectivity index (χ0) is 16.2. The minimum atomic E-state index is -4.81. The predicted molar refractivity (Wildman–Crippen MR) is 74.3 cm³/mol. The van der Waals surface area contributed by atoms with Crippen molar-refractivity contribution in [1.29, 1.82) is 0 Å². The first-order valence-corrected chi connectivity index (χ1v) is 6.05. The Morgan fingerprint density at radius 1 is 1.29 bits per heavy atom. The molecule has 2 aromatic heterocycles. The Hall–Kier alpha value is -2.28. The number of carbonyl (C=O) groups is 1. The smallest absolute Gasteiger partial charge is 0.870 e. The van der Waals surface area contributed by atoms with Crippen molar-refractivity contribution < 1.29 is 47.4 Å². The van der Waals surface area contributed by atoms with Gasteiger partial charge >= 0.3 is 31.0 Å². The third-order valence-corrected chi connectivity index (χ3v) is 3.38. The first kappa shape index (κ1) is 19.8. The molecule has 4 N–H and O–H groups in total. The second-order valence-electron chi connectivity index (χ2n) is 4.75. The van der Waals surface area contributed by atoms with Gasteiger partial charge in [0.1, 0.15) is 5.82 Å². The van der Waals surface area contributed by atoms with Gasteiger partial charge in [0, 0.05) is 12.4 Å². The molecular weight excluding hydrogens is 324 g/mol. The van der Waals surface area contributed by atoms with E-state index in [9.17, 15) is 18.0 Å². The molecule has 0 amide bonds. The van der Waals surface area contributed by atoms with Gasteiger partial charge in [-0.25, -0.2) is 9.78 Å². The molecule has 0 spiro atoms. The number of nitrogens with zero attached hydrogens (tertiary/aromatic N) is 3. The van der Waals surface area contributed by atoms with Crippen molar-refractivity contribution in [3.63, 3.8) is 0 Å². The van der Waals surface area contributed by atoms with Crippen LogP contribution in [0.3, 0.4) is 0 Å². The van der Waals surface area contributed by atoms with Crippen LogP contribution >= 0.6 is 0 Å². The van der Waals surface area contributed by atoms with Gasteiger partial charge < -0.3 is 16.3 Å². The van der Waals surface area contributed by atoms with Gasteiger partial charge in [-0.3, -0.25) is 4.68 Å². The molecule has 0 aliphatic rings. The van der Waals surface area contributed by atoms with Crippen LogP contribution in [0.4, 0.5) is 19.0 Å². The number of nitrogens with two attached hydrogens (primary N) is 1. The zero-order valence-corrected chi connectivity index (χ0v) is 12.6. The van der Waals surface area contributed by atoms with Crippen molar-refractivity contribution in [3.8, 4) is 0 Å². The molecule has 122 valence electrons. The first-order chi connectivity index (χ1) is 10.2. The molecule has 24 heavy (non-hydrogen) atoms. The number of alkyl halides is 3. The van der Waals surface area contributed by atoms with E-state index in [-0.39, 0.29) is 41.1 Å². The Bertz CT molecular complexity index is 940. The van der Waals surface area contributed by atoms with Crippen molar-refractivity contribution in [2.24, 2.45) is 7.05 Å². The summed E-state index contributed by atoms with van der Waals surface area (Å²) in [7, 11) is 1.58. The number of rotatable bonds is 1. The molecule has 0 radical (unpaired) electrons. The van der Waals surface area contributed by atoms with E-state index in [1.165, 1.54) is 10.9 Å². The van der Waals surface area contributed by atoms with Crippen molar-refractivity contribution in [2.45, 2.75) is 6.18 Å². The molecule has 3 rings (SSSR count). The minimum absolute atomic E-state index is 0. The average molecular weight is 334 g/mol. The maximum atomic E-state index is 13.0. The quantitative estimate of drug-likeness (QED) is 0.564. The van der Waals surface area contributed by atoms with E-state index in [4.69, 9.17) is 10.8 Å². The normalized spacial score (nSPS) is 11.2. The van der Waals surface area contributed by atoms with Crippen molar-refractivity contribution in [2.75, 3.05) is 5.73 Å². The molecule has 11 heteroatoms. The summed E-state index contributed by atoms with van der Waals surface area (Å²) in [6.07, 6.45) is -3.38. The van der Waals surface area contributed by atoms with Crippen molar-refractivity contribution in [3.05, 3.63) is 29.5 Å². The molecule has 0 saturated carbocycles. The van der Waals surface area contributed by atoms with Crippen molar-refractivity contribution >= 4 is 33.6 Å². The van der Waals surface area contributed by atoms with Gasteiger partial charge in [0.05, 0.1) is 33.7 Å². The fourth-order valence-corrected chi connectivity index (χ4v) is 2.42. The Kier molecular flexibility index (Phi) is 5.20. The molecule has 0 fully saturated rings. The number of benzene rings is 1. The summed E-state index contributed by atoms with van der Waals surface area (Å²) in [4.78, 5) is 15.1. The number of anilines is 1. The Morgan fingerprint density at radius 2 is 1.92 bits per heavy atom. The summed E-state index contributed by atoms with van der Waals surface area (Å²) < 4.78 is 40.5. The topological polar surface area (TPSA) is 124 Å². The van der Waals surface area contributed by atoms with Gasteiger partial charge in [-0.05, 0) is 12.1 Å². The summed E-state index contributed by atoms with van der Waals surface area (Å²) in [5.41, 5.74) is 4.02. The van der Waals surface area contributed by atoms with Crippen LogP contribution < -0.4 is 24.6 Å². The number of carboxylic acids is 1. The van der Waals surface area contributed by atoms with Crippen LogP contribution in [0.25, 0.3) is 21.8 Å². The van der Waals surface area contributed by atoms with Crippen LogP contribution in [-0.2, 0) is 13.2 Å². The molecule has 0 atom stereocenters. The maximum Gasteiger partial charge on any atom is 1.00 e. The standard InChI is InChI=1S/C13H9F3N4O2.Li.H2O/c1-20-10-6-2-5(12(21)22)8(13(14,15)16)3-9(6)19-11(17)7(10)4-18-20;;/h2-4H,1H3,(H2,17,19)(H,21,22);;1H2/q;+1;/p-1. The van der Waals surface area contributed by atoms with E-state index in [0.717, 1.165) is 6.07 Å². The van der Waals surface area contributed by atoms with Gasteiger partial charge in [0.25, 0.3) is 0 Å². The van der Waals surface area contributed by atoms with Gasteiger partial charge in [0.2, 0.25) is 0 Å². The number of aromatic carboxylic acids is 1. The van der Waals surface area contributed by atoms with E-state index in [1.54, 1.807) is 7.05 Å².